The molecule has 1 saturated carbocycles. The highest BCUT2D eigenvalue weighted by molar-refractivity contribution is 6.32. The predicted molar refractivity (Wildman–Crippen MR) is 92.5 cm³/mol. The average molecular weight is 369 g/mol. The van der Waals surface area contributed by atoms with E-state index in [2.05, 4.69) is 10.2 Å². The molecule has 0 spiro atoms. The van der Waals surface area contributed by atoms with Crippen LogP contribution in [0.4, 0.5) is 5.69 Å². The zero-order valence-electron chi connectivity index (χ0n) is 12.0. The molecule has 1 N–H and O–H groups in total. The minimum absolute atomic E-state index is 0. The van der Waals surface area contributed by atoms with Gasteiger partial charge in [-0.05, 0) is 30.4 Å². The highest BCUT2D eigenvalue weighted by atomic mass is 35.5. The van der Waals surface area contributed by atoms with Crippen molar-refractivity contribution in [2.75, 3.05) is 26.2 Å². The summed E-state index contributed by atoms with van der Waals surface area (Å²) >= 11 is 5.91. The number of hydrogen-bond acceptors (Lipinski definition) is 4. The summed E-state index contributed by atoms with van der Waals surface area (Å²) in [5.74, 6) is 0.633. The first-order valence-electron chi connectivity index (χ1n) is 7.05. The molecule has 0 bridgehead atoms. The lowest BCUT2D eigenvalue weighted by molar-refractivity contribution is -0.384. The summed E-state index contributed by atoms with van der Waals surface area (Å²) in [5, 5.41) is 14.6. The number of nitrogens with zero attached hydrogens (tertiary/aromatic N) is 2. The van der Waals surface area contributed by atoms with Crippen molar-refractivity contribution in [3.63, 3.8) is 0 Å². The van der Waals surface area contributed by atoms with Crippen LogP contribution >= 0.6 is 36.4 Å². The fourth-order valence-electron chi connectivity index (χ4n) is 3.01. The third-order valence-corrected chi connectivity index (χ3v) is 4.44. The van der Waals surface area contributed by atoms with Crippen LogP contribution < -0.4 is 5.32 Å². The van der Waals surface area contributed by atoms with Crippen LogP contribution in [0.15, 0.2) is 18.2 Å². The average Bonchev–Trinajstić information content (AvgIpc) is 3.26. The minimum atomic E-state index is -0.395. The predicted octanol–water partition coefficient (Wildman–Crippen LogP) is 3.45. The normalized spacial score (nSPS) is 19.7. The largest absolute Gasteiger partial charge is 0.314 e. The van der Waals surface area contributed by atoms with Gasteiger partial charge < -0.3 is 5.32 Å². The van der Waals surface area contributed by atoms with Gasteiger partial charge >= 0.3 is 0 Å². The fourth-order valence-corrected chi connectivity index (χ4v) is 3.19. The van der Waals surface area contributed by atoms with Crippen LogP contribution in [-0.4, -0.2) is 36.0 Å². The lowest BCUT2D eigenvalue weighted by atomic mass is 9.99. The summed E-state index contributed by atoms with van der Waals surface area (Å²) in [6, 6.07) is 5.56. The maximum Gasteiger partial charge on any atom is 0.288 e. The highest BCUT2D eigenvalue weighted by Crippen LogP contribution is 2.45. The Morgan fingerprint density at radius 3 is 2.45 bits per heavy atom. The van der Waals surface area contributed by atoms with Crippen molar-refractivity contribution in [2.45, 2.75) is 18.9 Å². The lowest BCUT2D eigenvalue weighted by Gasteiger charge is -2.35. The quantitative estimate of drug-likeness (QED) is 0.653. The molecular formula is C14H20Cl3N3O2. The molecule has 0 amide bonds. The van der Waals surface area contributed by atoms with E-state index in [0.29, 0.717) is 12.0 Å². The number of piperazine rings is 1. The summed E-state index contributed by atoms with van der Waals surface area (Å²) in [5.41, 5.74) is 1.05. The van der Waals surface area contributed by atoms with Crippen molar-refractivity contribution in [3.8, 4) is 0 Å². The molecule has 8 heteroatoms. The van der Waals surface area contributed by atoms with Crippen molar-refractivity contribution in [2.24, 2.45) is 5.92 Å². The molecule has 1 aliphatic heterocycles. The van der Waals surface area contributed by atoms with E-state index in [1.807, 2.05) is 6.07 Å². The number of halogens is 3. The molecule has 1 saturated heterocycles. The van der Waals surface area contributed by atoms with Crippen molar-refractivity contribution >= 4 is 42.1 Å². The molecule has 5 nitrogen and oxygen atoms in total. The first kappa shape index (κ1) is 19.5. The molecule has 2 aliphatic rings. The van der Waals surface area contributed by atoms with E-state index in [1.54, 1.807) is 12.1 Å². The van der Waals surface area contributed by atoms with Crippen LogP contribution in [0.1, 0.15) is 24.4 Å². The Morgan fingerprint density at radius 2 is 1.91 bits per heavy atom. The van der Waals surface area contributed by atoms with Crippen molar-refractivity contribution < 1.29 is 4.92 Å². The van der Waals surface area contributed by atoms with Crippen LogP contribution in [0, 0.1) is 16.0 Å². The zero-order chi connectivity index (χ0) is 14.1. The van der Waals surface area contributed by atoms with Crippen molar-refractivity contribution in [1.29, 1.82) is 0 Å². The topological polar surface area (TPSA) is 58.4 Å². The second kappa shape index (κ2) is 8.31. The van der Waals surface area contributed by atoms with Gasteiger partial charge in [-0.3, -0.25) is 15.0 Å². The van der Waals surface area contributed by atoms with Gasteiger partial charge in [0.05, 0.1) is 4.92 Å². The van der Waals surface area contributed by atoms with E-state index >= 15 is 0 Å². The van der Waals surface area contributed by atoms with E-state index in [9.17, 15) is 10.1 Å². The van der Waals surface area contributed by atoms with E-state index in [1.165, 1.54) is 12.8 Å². The van der Waals surface area contributed by atoms with Gasteiger partial charge in [0.25, 0.3) is 5.69 Å². The summed E-state index contributed by atoms with van der Waals surface area (Å²) in [4.78, 5) is 13.1. The molecule has 1 atom stereocenters. The Kier molecular flexibility index (Phi) is 7.35. The van der Waals surface area contributed by atoms with Gasteiger partial charge in [0.15, 0.2) is 0 Å². The molecule has 1 aromatic carbocycles. The molecular weight excluding hydrogens is 349 g/mol. The van der Waals surface area contributed by atoms with E-state index in [4.69, 9.17) is 11.6 Å². The van der Waals surface area contributed by atoms with Gasteiger partial charge in [0.2, 0.25) is 0 Å². The first-order chi connectivity index (χ1) is 9.66. The third-order valence-electron chi connectivity index (χ3n) is 4.12. The summed E-state index contributed by atoms with van der Waals surface area (Å²) < 4.78 is 0. The Balaban J connectivity index is 0.00000121. The second-order valence-electron chi connectivity index (χ2n) is 5.54. The lowest BCUT2D eigenvalue weighted by Crippen LogP contribution is -2.45. The molecule has 1 aliphatic carbocycles. The van der Waals surface area contributed by atoms with Gasteiger partial charge in [-0.25, -0.2) is 0 Å². The molecule has 124 valence electrons. The second-order valence-corrected chi connectivity index (χ2v) is 5.94. The highest BCUT2D eigenvalue weighted by Gasteiger charge is 2.37. The summed E-state index contributed by atoms with van der Waals surface area (Å²) in [6.07, 6.45) is 2.43. The van der Waals surface area contributed by atoms with Gasteiger partial charge in [-0.2, -0.15) is 0 Å². The number of nitrogens with one attached hydrogen (secondary N) is 1. The maximum absolute atomic E-state index is 11.1. The van der Waals surface area contributed by atoms with Crippen LogP contribution in [0.3, 0.4) is 0 Å². The Hall–Kier alpha value is -0.590. The van der Waals surface area contributed by atoms with E-state index in [-0.39, 0.29) is 35.5 Å². The third kappa shape index (κ3) is 4.24. The molecule has 3 rings (SSSR count). The molecule has 1 heterocycles. The zero-order valence-corrected chi connectivity index (χ0v) is 14.4. The summed E-state index contributed by atoms with van der Waals surface area (Å²) in [7, 11) is 0. The van der Waals surface area contributed by atoms with Crippen LogP contribution in [0.5, 0.6) is 0 Å². The molecule has 0 aromatic heterocycles. The van der Waals surface area contributed by atoms with Gasteiger partial charge in [0.1, 0.15) is 5.02 Å². The van der Waals surface area contributed by atoms with Crippen molar-refractivity contribution in [3.05, 3.63) is 38.9 Å². The van der Waals surface area contributed by atoms with Crippen LogP contribution in [0.2, 0.25) is 5.02 Å². The van der Waals surface area contributed by atoms with Gasteiger partial charge in [0, 0.05) is 38.3 Å². The number of nitro groups is 1. The maximum atomic E-state index is 11.1. The van der Waals surface area contributed by atoms with Gasteiger partial charge in [-0.1, -0.05) is 17.7 Å². The van der Waals surface area contributed by atoms with Crippen LogP contribution in [0.25, 0.3) is 0 Å². The molecule has 22 heavy (non-hydrogen) atoms. The molecule has 0 radical (unpaired) electrons. The molecule has 0 unspecified atom stereocenters. The molecule has 1 aromatic rings. The fraction of sp³-hybridized carbons (Fsp3) is 0.571. The summed E-state index contributed by atoms with van der Waals surface area (Å²) in [6.45, 7) is 3.97. The standard InChI is InChI=1S/C14H18ClN3O2.2ClH/c15-12-4-3-11(9-13(12)18(19)20)14(10-1-2-10)17-7-5-16-6-8-17;;/h3-4,9-10,14,16H,1-2,5-8H2;2*1H/t14-;;/m1../s1. The molecule has 2 fully saturated rings. The van der Waals surface area contributed by atoms with E-state index in [0.717, 1.165) is 31.7 Å². The SMILES string of the molecule is Cl.Cl.O=[N+]([O-])c1cc([C@@H](C2CC2)N2CCNCC2)ccc1Cl. The van der Waals surface area contributed by atoms with E-state index < -0.39 is 4.92 Å². The Bertz CT molecular complexity index is 520. The number of benzene rings is 1. The Morgan fingerprint density at radius 1 is 1.27 bits per heavy atom. The van der Waals surface area contributed by atoms with Crippen LogP contribution in [-0.2, 0) is 0 Å². The monoisotopic (exact) mass is 367 g/mol. The minimum Gasteiger partial charge on any atom is -0.314 e. The van der Waals surface area contributed by atoms with Gasteiger partial charge in [-0.15, -0.1) is 24.8 Å². The number of rotatable bonds is 4. The number of hydrogen-bond donors (Lipinski definition) is 1. The Labute approximate surface area is 147 Å². The number of nitro benzene ring substituents is 1. The smallest absolute Gasteiger partial charge is 0.288 e. The van der Waals surface area contributed by atoms with Crippen molar-refractivity contribution in [1.82, 2.24) is 10.2 Å². The first-order valence-corrected chi connectivity index (χ1v) is 7.43.